The average Bonchev–Trinajstić information content (AvgIpc) is 2.77. The van der Waals surface area contributed by atoms with Gasteiger partial charge in [-0.1, -0.05) is 11.2 Å². The molecule has 0 atom stereocenters. The lowest BCUT2D eigenvalue weighted by Gasteiger charge is -2.10. The molecule has 0 saturated carbocycles. The summed E-state index contributed by atoms with van der Waals surface area (Å²) < 4.78 is 55.9. The van der Waals surface area contributed by atoms with Gasteiger partial charge in [0.1, 0.15) is 11.6 Å². The highest BCUT2D eigenvalue weighted by Crippen LogP contribution is 2.30. The molecule has 0 spiro atoms. The van der Waals surface area contributed by atoms with Gasteiger partial charge in [-0.25, -0.2) is 4.39 Å². The smallest absolute Gasteiger partial charge is 0.361 e. The zero-order valence-corrected chi connectivity index (χ0v) is 12.4. The summed E-state index contributed by atoms with van der Waals surface area (Å²) >= 11 is 0. The molecule has 1 N–H and O–H groups in total. The summed E-state index contributed by atoms with van der Waals surface area (Å²) in [5.74, 6) is -0.908. The lowest BCUT2D eigenvalue weighted by Crippen LogP contribution is -2.25. The van der Waals surface area contributed by atoms with E-state index in [4.69, 9.17) is 4.52 Å². The molecule has 0 aliphatic rings. The molecule has 2 aromatic rings. The van der Waals surface area contributed by atoms with Gasteiger partial charge >= 0.3 is 6.18 Å². The van der Waals surface area contributed by atoms with E-state index in [9.17, 15) is 22.4 Å². The van der Waals surface area contributed by atoms with Gasteiger partial charge in [0.2, 0.25) is 5.91 Å². The Morgan fingerprint density at radius 3 is 2.52 bits per heavy atom. The lowest BCUT2D eigenvalue weighted by atomic mass is 10.1. The molecule has 0 aliphatic carbocycles. The number of aryl methyl sites for hydroxylation is 2. The van der Waals surface area contributed by atoms with Crippen LogP contribution in [-0.2, 0) is 23.9 Å². The number of hydrogen-bond donors (Lipinski definition) is 1. The van der Waals surface area contributed by atoms with Gasteiger partial charge in [-0.15, -0.1) is 0 Å². The predicted molar refractivity (Wildman–Crippen MR) is 72.9 cm³/mol. The van der Waals surface area contributed by atoms with Crippen molar-refractivity contribution in [3.8, 4) is 0 Å². The van der Waals surface area contributed by atoms with E-state index < -0.39 is 23.5 Å². The van der Waals surface area contributed by atoms with Crippen LogP contribution < -0.4 is 5.32 Å². The molecule has 124 valence electrons. The van der Waals surface area contributed by atoms with Gasteiger partial charge in [-0.2, -0.15) is 13.2 Å². The minimum atomic E-state index is -4.61. The lowest BCUT2D eigenvalue weighted by molar-refractivity contribution is -0.137. The Hall–Kier alpha value is -2.38. The van der Waals surface area contributed by atoms with Crippen LogP contribution in [0.5, 0.6) is 0 Å². The Kier molecular flexibility index (Phi) is 4.72. The average molecular weight is 330 g/mol. The van der Waals surface area contributed by atoms with Crippen LogP contribution in [0.3, 0.4) is 0 Å². The Labute approximate surface area is 129 Å². The number of carbonyl (C=O) groups is 1. The molecule has 4 nitrogen and oxygen atoms in total. The van der Waals surface area contributed by atoms with Crippen molar-refractivity contribution in [1.82, 2.24) is 10.5 Å². The first kappa shape index (κ1) is 17.0. The first-order chi connectivity index (χ1) is 10.7. The van der Waals surface area contributed by atoms with Crippen LogP contribution in [0, 0.1) is 19.7 Å². The fourth-order valence-electron chi connectivity index (χ4n) is 2.04. The molecule has 0 radical (unpaired) electrons. The fraction of sp³-hybridized carbons (Fsp3) is 0.333. The third-order valence-electron chi connectivity index (χ3n) is 3.37. The summed E-state index contributed by atoms with van der Waals surface area (Å²) in [7, 11) is 0. The van der Waals surface area contributed by atoms with E-state index in [0.29, 0.717) is 23.1 Å². The minimum absolute atomic E-state index is 0.00339. The number of carbonyl (C=O) groups excluding carboxylic acids is 1. The first-order valence-electron chi connectivity index (χ1n) is 6.72. The topological polar surface area (TPSA) is 55.1 Å². The van der Waals surface area contributed by atoms with Crippen LogP contribution in [0.4, 0.5) is 17.6 Å². The molecule has 2 rings (SSSR count). The Balaban J connectivity index is 2.00. The molecule has 0 fully saturated rings. The van der Waals surface area contributed by atoms with Crippen molar-refractivity contribution in [2.45, 2.75) is 33.0 Å². The number of benzene rings is 1. The van der Waals surface area contributed by atoms with Crippen molar-refractivity contribution in [3.63, 3.8) is 0 Å². The summed E-state index contributed by atoms with van der Waals surface area (Å²) in [6, 6.07) is 2.20. The third-order valence-corrected chi connectivity index (χ3v) is 3.37. The second-order valence-corrected chi connectivity index (χ2v) is 5.06. The van der Waals surface area contributed by atoms with Crippen molar-refractivity contribution in [1.29, 1.82) is 0 Å². The molecule has 8 heteroatoms. The van der Waals surface area contributed by atoms with E-state index in [1.54, 1.807) is 13.8 Å². The summed E-state index contributed by atoms with van der Waals surface area (Å²) in [6.45, 7) is 3.15. The van der Waals surface area contributed by atoms with Crippen LogP contribution in [0.1, 0.15) is 28.1 Å². The highest BCUT2D eigenvalue weighted by molar-refractivity contribution is 5.79. The quantitative estimate of drug-likeness (QED) is 0.875. The zero-order valence-electron chi connectivity index (χ0n) is 12.4. The van der Waals surface area contributed by atoms with Gasteiger partial charge < -0.3 is 9.84 Å². The summed E-state index contributed by atoms with van der Waals surface area (Å²) in [6.07, 6.45) is -4.60. The van der Waals surface area contributed by atoms with E-state index in [1.165, 1.54) is 0 Å². The van der Waals surface area contributed by atoms with Gasteiger partial charge in [0, 0.05) is 17.7 Å². The number of amides is 1. The predicted octanol–water partition coefficient (Wildman–Crippen LogP) is 3.31. The Morgan fingerprint density at radius 2 is 2.00 bits per heavy atom. The molecule has 1 amide bonds. The van der Waals surface area contributed by atoms with Crippen LogP contribution >= 0.6 is 0 Å². The van der Waals surface area contributed by atoms with Crippen LogP contribution in [0.2, 0.25) is 0 Å². The number of aromatic nitrogens is 1. The maximum absolute atomic E-state index is 13.7. The van der Waals surface area contributed by atoms with E-state index in [0.717, 1.165) is 12.1 Å². The number of hydrogen-bond acceptors (Lipinski definition) is 3. The van der Waals surface area contributed by atoms with Gasteiger partial charge in [0.15, 0.2) is 0 Å². The van der Waals surface area contributed by atoms with E-state index in [-0.39, 0.29) is 18.5 Å². The monoisotopic (exact) mass is 330 g/mol. The molecular formula is C15H14F4N2O2. The van der Waals surface area contributed by atoms with E-state index in [2.05, 4.69) is 10.5 Å². The molecule has 0 saturated heterocycles. The second-order valence-electron chi connectivity index (χ2n) is 5.06. The van der Waals surface area contributed by atoms with Gasteiger partial charge in [0.25, 0.3) is 0 Å². The number of halogens is 4. The van der Waals surface area contributed by atoms with Gasteiger partial charge in [0.05, 0.1) is 17.7 Å². The van der Waals surface area contributed by atoms with Crippen molar-refractivity contribution in [3.05, 3.63) is 52.2 Å². The molecular weight excluding hydrogens is 316 g/mol. The normalized spacial score (nSPS) is 11.6. The Morgan fingerprint density at radius 1 is 1.30 bits per heavy atom. The molecule has 23 heavy (non-hydrogen) atoms. The molecule has 1 heterocycles. The largest absolute Gasteiger partial charge is 0.416 e. The van der Waals surface area contributed by atoms with Crippen molar-refractivity contribution >= 4 is 5.91 Å². The molecule has 0 unspecified atom stereocenters. The number of nitrogens with zero attached hydrogens (tertiary/aromatic N) is 1. The highest BCUT2D eigenvalue weighted by atomic mass is 19.4. The van der Waals surface area contributed by atoms with E-state index >= 15 is 0 Å². The summed E-state index contributed by atoms with van der Waals surface area (Å²) in [5, 5.41) is 6.17. The molecule has 1 aromatic heterocycles. The maximum Gasteiger partial charge on any atom is 0.416 e. The highest BCUT2D eigenvalue weighted by Gasteiger charge is 2.31. The van der Waals surface area contributed by atoms with E-state index in [1.807, 2.05) is 0 Å². The van der Waals surface area contributed by atoms with Crippen molar-refractivity contribution < 1.29 is 26.9 Å². The van der Waals surface area contributed by atoms with Crippen LogP contribution in [0.15, 0.2) is 22.7 Å². The SMILES string of the molecule is Cc1noc(C)c1CC(=O)NCc1ccc(C(F)(F)F)cc1F. The van der Waals surface area contributed by atoms with Crippen LogP contribution in [-0.4, -0.2) is 11.1 Å². The van der Waals surface area contributed by atoms with Crippen molar-refractivity contribution in [2.24, 2.45) is 0 Å². The third kappa shape index (κ3) is 4.08. The molecule has 0 bridgehead atoms. The molecule has 0 aliphatic heterocycles. The maximum atomic E-state index is 13.7. The first-order valence-corrected chi connectivity index (χ1v) is 6.72. The summed E-state index contributed by atoms with van der Waals surface area (Å²) in [5.41, 5.74) is 0.125. The number of alkyl halides is 3. The second kappa shape index (κ2) is 6.39. The van der Waals surface area contributed by atoms with Gasteiger partial charge in [-0.05, 0) is 26.0 Å². The minimum Gasteiger partial charge on any atom is -0.361 e. The van der Waals surface area contributed by atoms with Crippen molar-refractivity contribution in [2.75, 3.05) is 0 Å². The number of nitrogens with one attached hydrogen (secondary N) is 1. The van der Waals surface area contributed by atoms with Crippen LogP contribution in [0.25, 0.3) is 0 Å². The Bertz CT molecular complexity index is 703. The fourth-order valence-corrected chi connectivity index (χ4v) is 2.04. The van der Waals surface area contributed by atoms with Gasteiger partial charge in [-0.3, -0.25) is 4.79 Å². The zero-order chi connectivity index (χ0) is 17.2. The standard InChI is InChI=1S/C15H14F4N2O2/c1-8-12(9(2)23-21-8)6-14(22)20-7-10-3-4-11(5-13(10)16)15(17,18)19/h3-5H,6-7H2,1-2H3,(H,20,22). The number of rotatable bonds is 4. The summed E-state index contributed by atoms with van der Waals surface area (Å²) in [4.78, 5) is 11.8. The molecule has 1 aromatic carbocycles.